The molecule has 2 rings (SSSR count). The molecule has 0 heterocycles. The minimum absolute atomic E-state index is 0.0206. The van der Waals surface area contributed by atoms with Crippen LogP contribution >= 0.6 is 11.6 Å². The Balaban J connectivity index is 1.77. The number of carbonyl (C=O) groups is 3. The van der Waals surface area contributed by atoms with E-state index in [4.69, 9.17) is 16.3 Å². The van der Waals surface area contributed by atoms with Crippen LogP contribution in [0, 0.1) is 11.7 Å². The molecule has 0 bridgehead atoms. The Morgan fingerprint density at radius 3 is 2.68 bits per heavy atom. The highest BCUT2D eigenvalue weighted by Crippen LogP contribution is 2.23. The molecule has 1 fully saturated rings. The summed E-state index contributed by atoms with van der Waals surface area (Å²) in [5.74, 6) is -2.29. The van der Waals surface area contributed by atoms with Crippen LogP contribution in [0.15, 0.2) is 18.2 Å². The van der Waals surface area contributed by atoms with Crippen LogP contribution in [0.4, 0.5) is 9.18 Å². The van der Waals surface area contributed by atoms with Crippen LogP contribution in [-0.4, -0.2) is 30.6 Å². The van der Waals surface area contributed by atoms with E-state index in [0.717, 1.165) is 37.8 Å². The van der Waals surface area contributed by atoms with E-state index >= 15 is 0 Å². The summed E-state index contributed by atoms with van der Waals surface area (Å²) in [6, 6.07) is 2.86. The molecular weight excluding hydrogens is 351 g/mol. The maximum absolute atomic E-state index is 13.6. The predicted octanol–water partition coefficient (Wildman–Crippen LogP) is 3.04. The first-order valence-electron chi connectivity index (χ1n) is 8.09. The molecule has 0 unspecified atom stereocenters. The van der Waals surface area contributed by atoms with Crippen molar-refractivity contribution in [3.63, 3.8) is 0 Å². The highest BCUT2D eigenvalue weighted by molar-refractivity contribution is 6.30. The van der Waals surface area contributed by atoms with Crippen LogP contribution in [0.5, 0.6) is 0 Å². The van der Waals surface area contributed by atoms with Gasteiger partial charge in [0, 0.05) is 11.1 Å². The van der Waals surface area contributed by atoms with Crippen molar-refractivity contribution in [2.75, 3.05) is 6.61 Å². The zero-order valence-electron chi connectivity index (χ0n) is 13.8. The number of amides is 3. The van der Waals surface area contributed by atoms with Gasteiger partial charge < -0.3 is 10.1 Å². The summed E-state index contributed by atoms with van der Waals surface area (Å²) in [5.41, 5.74) is -0.335. The van der Waals surface area contributed by atoms with Crippen LogP contribution < -0.4 is 10.6 Å². The number of hydrogen-bond acceptors (Lipinski definition) is 4. The lowest BCUT2D eigenvalue weighted by Crippen LogP contribution is -2.48. The zero-order valence-corrected chi connectivity index (χ0v) is 14.6. The summed E-state index contributed by atoms with van der Waals surface area (Å²) >= 11 is 5.60. The summed E-state index contributed by atoms with van der Waals surface area (Å²) in [7, 11) is 0. The van der Waals surface area contributed by atoms with Crippen molar-refractivity contribution in [3.8, 4) is 0 Å². The first-order valence-corrected chi connectivity index (χ1v) is 8.47. The summed E-state index contributed by atoms with van der Waals surface area (Å²) in [5, 5.41) is 4.98. The van der Waals surface area contributed by atoms with Gasteiger partial charge in [0.2, 0.25) is 0 Å². The molecule has 2 atom stereocenters. The molecule has 0 aromatic heterocycles. The molecule has 1 saturated carbocycles. The van der Waals surface area contributed by atoms with Gasteiger partial charge in [-0.15, -0.1) is 0 Å². The highest BCUT2D eigenvalue weighted by atomic mass is 35.5. The van der Waals surface area contributed by atoms with Gasteiger partial charge in [0.25, 0.3) is 5.91 Å². The Bertz CT molecular complexity index is 668. The fourth-order valence-corrected chi connectivity index (χ4v) is 2.92. The lowest BCUT2D eigenvalue weighted by atomic mass is 9.86. The van der Waals surface area contributed by atoms with Crippen molar-refractivity contribution in [2.45, 2.75) is 38.6 Å². The first kappa shape index (κ1) is 19.2. The molecule has 0 spiro atoms. The van der Waals surface area contributed by atoms with Gasteiger partial charge in [-0.3, -0.25) is 10.1 Å². The van der Waals surface area contributed by atoms with Crippen LogP contribution in [-0.2, 0) is 9.53 Å². The second kappa shape index (κ2) is 8.80. The van der Waals surface area contributed by atoms with Gasteiger partial charge in [0.05, 0.1) is 5.56 Å². The molecule has 1 aliphatic carbocycles. The number of imide groups is 1. The minimum atomic E-state index is -1.01. The van der Waals surface area contributed by atoms with E-state index in [1.807, 2.05) is 6.92 Å². The lowest BCUT2D eigenvalue weighted by Gasteiger charge is -2.29. The number of benzene rings is 1. The number of ether oxygens (including phenoxy) is 1. The monoisotopic (exact) mass is 370 g/mol. The van der Waals surface area contributed by atoms with Gasteiger partial charge in [0.1, 0.15) is 5.82 Å². The number of rotatable bonds is 4. The number of nitrogens with one attached hydrogen (secondary N) is 2. The van der Waals surface area contributed by atoms with Crippen LogP contribution in [0.2, 0.25) is 5.02 Å². The zero-order chi connectivity index (χ0) is 18.4. The minimum Gasteiger partial charge on any atom is -0.452 e. The standard InChI is InChI=1S/C17H20ClFN2O4/c1-10-4-2-3-5-14(10)20-17(24)21-15(22)9-25-16(23)12-7-6-11(18)8-13(12)19/h6-8,10,14H,2-5,9H2,1H3,(H2,20,21,22,24)/t10-,14-/m1/s1. The predicted molar refractivity (Wildman–Crippen MR) is 89.8 cm³/mol. The second-order valence-corrected chi connectivity index (χ2v) is 6.53. The third-order valence-electron chi connectivity index (χ3n) is 4.17. The average Bonchev–Trinajstić information content (AvgIpc) is 2.54. The molecule has 8 heteroatoms. The number of halogens is 2. The molecule has 2 N–H and O–H groups in total. The van der Waals surface area contributed by atoms with Gasteiger partial charge in [0.15, 0.2) is 6.61 Å². The fourth-order valence-electron chi connectivity index (χ4n) is 2.76. The van der Waals surface area contributed by atoms with E-state index < -0.39 is 30.3 Å². The molecule has 136 valence electrons. The number of hydrogen-bond donors (Lipinski definition) is 2. The molecule has 1 aliphatic rings. The van der Waals surface area contributed by atoms with Gasteiger partial charge in [-0.05, 0) is 37.0 Å². The fraction of sp³-hybridized carbons (Fsp3) is 0.471. The van der Waals surface area contributed by atoms with E-state index in [1.165, 1.54) is 6.07 Å². The maximum atomic E-state index is 13.6. The number of urea groups is 1. The molecule has 1 aromatic rings. The topological polar surface area (TPSA) is 84.5 Å². The molecule has 25 heavy (non-hydrogen) atoms. The van der Waals surface area contributed by atoms with Crippen molar-refractivity contribution in [2.24, 2.45) is 5.92 Å². The van der Waals surface area contributed by atoms with Crippen LogP contribution in [0.3, 0.4) is 0 Å². The van der Waals surface area contributed by atoms with Crippen molar-refractivity contribution in [3.05, 3.63) is 34.6 Å². The number of esters is 1. The molecule has 0 saturated heterocycles. The second-order valence-electron chi connectivity index (χ2n) is 6.09. The van der Waals surface area contributed by atoms with Gasteiger partial charge in [-0.1, -0.05) is 31.4 Å². The van der Waals surface area contributed by atoms with Crippen molar-refractivity contribution < 1.29 is 23.5 Å². The first-order chi connectivity index (χ1) is 11.9. The van der Waals surface area contributed by atoms with Gasteiger partial charge in [-0.2, -0.15) is 0 Å². The summed E-state index contributed by atoms with van der Waals surface area (Å²) in [6.45, 7) is 1.36. The molecule has 6 nitrogen and oxygen atoms in total. The Labute approximate surface area is 150 Å². The third-order valence-corrected chi connectivity index (χ3v) is 4.40. The largest absolute Gasteiger partial charge is 0.452 e. The Kier molecular flexibility index (Phi) is 6.75. The Hall–Kier alpha value is -2.15. The Morgan fingerprint density at radius 2 is 2.00 bits per heavy atom. The van der Waals surface area contributed by atoms with E-state index in [1.54, 1.807) is 0 Å². The molecular formula is C17H20ClFN2O4. The van der Waals surface area contributed by atoms with Crippen LogP contribution in [0.25, 0.3) is 0 Å². The summed E-state index contributed by atoms with van der Waals surface area (Å²) in [4.78, 5) is 35.2. The van der Waals surface area contributed by atoms with E-state index in [2.05, 4.69) is 10.6 Å². The van der Waals surface area contributed by atoms with Crippen LogP contribution in [0.1, 0.15) is 43.0 Å². The highest BCUT2D eigenvalue weighted by Gasteiger charge is 2.23. The van der Waals surface area contributed by atoms with Gasteiger partial charge >= 0.3 is 12.0 Å². The molecule has 0 aliphatic heterocycles. The maximum Gasteiger partial charge on any atom is 0.341 e. The van der Waals surface area contributed by atoms with Gasteiger partial charge in [-0.25, -0.2) is 14.0 Å². The molecule has 3 amide bonds. The van der Waals surface area contributed by atoms with E-state index in [0.29, 0.717) is 5.92 Å². The average molecular weight is 371 g/mol. The third kappa shape index (κ3) is 5.70. The van der Waals surface area contributed by atoms with Crippen molar-refractivity contribution in [1.29, 1.82) is 0 Å². The van der Waals surface area contributed by atoms with Crippen molar-refractivity contribution >= 4 is 29.5 Å². The lowest BCUT2D eigenvalue weighted by molar-refractivity contribution is -0.123. The van der Waals surface area contributed by atoms with Crippen molar-refractivity contribution in [1.82, 2.24) is 10.6 Å². The summed E-state index contributed by atoms with van der Waals surface area (Å²) < 4.78 is 18.3. The molecule has 1 aromatic carbocycles. The summed E-state index contributed by atoms with van der Waals surface area (Å²) in [6.07, 6.45) is 4.07. The van der Waals surface area contributed by atoms with E-state index in [-0.39, 0.29) is 16.6 Å². The Morgan fingerprint density at radius 1 is 1.28 bits per heavy atom. The van der Waals surface area contributed by atoms with E-state index in [9.17, 15) is 18.8 Å². The SMILES string of the molecule is C[C@@H]1CCCC[C@H]1NC(=O)NC(=O)COC(=O)c1ccc(Cl)cc1F. The molecule has 0 radical (unpaired) electrons. The quantitative estimate of drug-likeness (QED) is 0.798. The smallest absolute Gasteiger partial charge is 0.341 e. The number of carbonyl (C=O) groups excluding carboxylic acids is 3. The normalized spacial score (nSPS) is 19.8.